The van der Waals surface area contributed by atoms with Crippen LogP contribution < -0.4 is 20.7 Å². The van der Waals surface area contributed by atoms with Crippen molar-refractivity contribution in [3.05, 3.63) is 104 Å². The molecule has 0 saturated heterocycles. The van der Waals surface area contributed by atoms with Crippen molar-refractivity contribution in [2.45, 2.75) is 136 Å². The van der Waals surface area contributed by atoms with E-state index in [1.165, 1.54) is 73.8 Å². The normalized spacial score (nSPS) is 16.9. The fourth-order valence-corrected chi connectivity index (χ4v) is 10.2. The van der Waals surface area contributed by atoms with Gasteiger partial charge in [0.25, 0.3) is 5.56 Å². The largest absolute Gasteiger partial charge is 0.490 e. The molecule has 1 aliphatic heterocycles. The molecule has 3 aromatic rings. The summed E-state index contributed by atoms with van der Waals surface area (Å²) in [6.07, 6.45) is 14.6. The Labute approximate surface area is 372 Å². The lowest BCUT2D eigenvalue weighted by Crippen LogP contribution is -2.33. The van der Waals surface area contributed by atoms with Crippen LogP contribution >= 0.6 is 23.5 Å². The number of rotatable bonds is 30. The number of aromatic nitrogens is 2. The number of aromatic amines is 1. The number of esters is 2. The Morgan fingerprint density at radius 1 is 0.672 bits per heavy atom. The molecule has 1 aromatic heterocycles. The molecule has 0 aliphatic carbocycles. The molecule has 19 nitrogen and oxygen atoms in total. The molecule has 22 heteroatoms. The predicted octanol–water partition coefficient (Wildman–Crippen LogP) is 9.40. The van der Waals surface area contributed by atoms with E-state index in [1.807, 2.05) is 0 Å². The lowest BCUT2D eigenvalue weighted by Gasteiger charge is -2.22. The van der Waals surface area contributed by atoms with Crippen LogP contribution in [0.5, 0.6) is 11.5 Å². The van der Waals surface area contributed by atoms with Crippen LogP contribution in [0.4, 0.5) is 0 Å². The first-order chi connectivity index (χ1) is 30.5. The number of nitrogens with one attached hydrogen (secondary N) is 1. The number of ether oxygens (including phenoxy) is 3. The molecule has 2 aromatic carbocycles. The van der Waals surface area contributed by atoms with Gasteiger partial charge in [-0.1, -0.05) is 108 Å². The average Bonchev–Trinajstić information content (AvgIpc) is 3.72. The molecule has 0 spiro atoms. The second kappa shape index (κ2) is 26.3. The fourth-order valence-electron chi connectivity index (χ4n) is 6.14. The highest BCUT2D eigenvalue weighted by molar-refractivity contribution is 7.67. The van der Waals surface area contributed by atoms with Crippen LogP contribution in [-0.4, -0.2) is 44.0 Å². The van der Waals surface area contributed by atoms with Crippen molar-refractivity contribution in [3.63, 3.8) is 0 Å². The molecule has 64 heavy (non-hydrogen) atoms. The molecule has 3 N–H and O–H groups in total. The molecule has 4 rings (SSSR count). The van der Waals surface area contributed by atoms with E-state index in [9.17, 15) is 42.7 Å². The number of unbranched alkanes of at least 4 members (excludes halogenated alkanes) is 10. The number of phosphoric ester groups is 2. The van der Waals surface area contributed by atoms with Crippen LogP contribution in [0.3, 0.4) is 0 Å². The maximum Gasteiger partial charge on any atom is 0.490 e. The summed E-state index contributed by atoms with van der Waals surface area (Å²) >= 11 is 0. The number of carbonyl (C=O) groups excluding carboxylic acids is 2. The van der Waals surface area contributed by atoms with Crippen LogP contribution in [0.2, 0.25) is 0 Å². The van der Waals surface area contributed by atoms with E-state index in [2.05, 4.69) is 23.1 Å². The molecule has 0 amide bonds. The van der Waals surface area contributed by atoms with Crippen LogP contribution in [-0.2, 0) is 63.4 Å². The summed E-state index contributed by atoms with van der Waals surface area (Å²) in [6, 6.07) is 11.8. The summed E-state index contributed by atoms with van der Waals surface area (Å²) in [5.41, 5.74) is -0.470. The molecule has 0 saturated carbocycles. The zero-order valence-corrected chi connectivity index (χ0v) is 39.0. The number of aryl methyl sites for hydroxylation is 1. The summed E-state index contributed by atoms with van der Waals surface area (Å²) < 4.78 is 82.3. The molecule has 0 bridgehead atoms. The molecule has 2 heterocycles. The highest BCUT2D eigenvalue weighted by Gasteiger charge is 2.44. The van der Waals surface area contributed by atoms with E-state index in [0.717, 1.165) is 68.8 Å². The van der Waals surface area contributed by atoms with Gasteiger partial charge in [0, 0.05) is 24.6 Å². The molecule has 0 radical (unpaired) electrons. The Balaban J connectivity index is 1.36. The molecule has 4 atom stereocenters. The number of phosphoric acid groups is 3. The van der Waals surface area contributed by atoms with Crippen molar-refractivity contribution in [1.29, 1.82) is 0 Å². The number of carbonyl (C=O) groups is 2. The minimum absolute atomic E-state index is 0.220. The second-order valence-corrected chi connectivity index (χ2v) is 19.9. The first kappa shape index (κ1) is 52.8. The number of hydrogen-bond donors (Lipinski definition) is 3. The molecule has 354 valence electrons. The van der Waals surface area contributed by atoms with Crippen molar-refractivity contribution in [2.75, 3.05) is 6.61 Å². The quantitative estimate of drug-likeness (QED) is 0.0185. The first-order valence-corrected chi connectivity index (χ1v) is 25.8. The third kappa shape index (κ3) is 19.3. The van der Waals surface area contributed by atoms with E-state index in [-0.39, 0.29) is 29.9 Å². The minimum atomic E-state index is -5.80. The zero-order valence-electron chi connectivity index (χ0n) is 36.3. The van der Waals surface area contributed by atoms with Gasteiger partial charge >= 0.3 is 41.1 Å². The molecule has 2 unspecified atom stereocenters. The summed E-state index contributed by atoms with van der Waals surface area (Å²) in [4.78, 5) is 71.7. The summed E-state index contributed by atoms with van der Waals surface area (Å²) in [5, 5.41) is 0. The molecule has 1 aliphatic rings. The highest BCUT2D eigenvalue weighted by Crippen LogP contribution is 2.69. The lowest BCUT2D eigenvalue weighted by atomic mass is 10.1. The Morgan fingerprint density at radius 3 is 1.66 bits per heavy atom. The van der Waals surface area contributed by atoms with Gasteiger partial charge in [-0.25, -0.2) is 18.5 Å². The van der Waals surface area contributed by atoms with E-state index >= 15 is 0 Å². The Kier molecular flexibility index (Phi) is 21.7. The fraction of sp³-hybridized carbons (Fsp3) is 0.524. The van der Waals surface area contributed by atoms with E-state index < -0.39 is 78.8 Å². The molecular formula is C42H59N2O17P3. The van der Waals surface area contributed by atoms with Gasteiger partial charge in [-0.05, 0) is 61.2 Å². The highest BCUT2D eigenvalue weighted by atomic mass is 31.3. The molecular weight excluding hydrogens is 897 g/mol. The Morgan fingerprint density at radius 2 is 1.16 bits per heavy atom. The topological polar surface area (TPSA) is 255 Å². The number of nitrogens with zero attached hydrogens (tertiary/aromatic N) is 1. The van der Waals surface area contributed by atoms with Gasteiger partial charge < -0.3 is 24.0 Å². The van der Waals surface area contributed by atoms with E-state index in [4.69, 9.17) is 32.1 Å². The zero-order chi connectivity index (χ0) is 46.6. The minimum Gasteiger partial charge on any atom is -0.427 e. The summed E-state index contributed by atoms with van der Waals surface area (Å²) in [5.74, 6) is -0.312. The SMILES string of the molecule is CCCCCCCCC(=O)Oc1ccc(COP(=O)(OCc2ccc(OC(=O)CCCCCCCC)cc2)OP(=O)(O)OP(=O)(O)OC[C@@H]2C=C[C@H](n3cc(C)c(=O)[nH]c3=O)O2)cc1. The van der Waals surface area contributed by atoms with Crippen molar-refractivity contribution < 1.29 is 69.5 Å². The number of hydrogen-bond acceptors (Lipinski definition) is 15. The van der Waals surface area contributed by atoms with Crippen molar-refractivity contribution in [3.8, 4) is 11.5 Å². The van der Waals surface area contributed by atoms with Crippen molar-refractivity contribution >= 4 is 35.4 Å². The first-order valence-electron chi connectivity index (χ1n) is 21.4. The van der Waals surface area contributed by atoms with Gasteiger partial charge in [0.2, 0.25) is 0 Å². The summed E-state index contributed by atoms with van der Waals surface area (Å²) in [7, 11) is -16.4. The van der Waals surface area contributed by atoms with Gasteiger partial charge in [0.05, 0.1) is 19.8 Å². The van der Waals surface area contributed by atoms with Crippen LogP contribution in [0, 0.1) is 6.92 Å². The standard InChI is InChI=1S/C42H59N2O17P3/c1-4-6-8-10-12-14-16-39(45)58-35-22-18-33(19-23-35)29-55-64(53,56-30-34-20-24-36(25-21-34)59-40(46)17-15-13-11-9-7-5-2)61-63(51,52)60-62(49,50)54-31-37-26-27-38(57-37)44-28-32(3)41(47)43-42(44)48/h18-28,37-38H,4-17,29-31H2,1-3H3,(H,49,50)(H,51,52)(H,43,47,48)/t37-,38+/m0/s1. The predicted molar refractivity (Wildman–Crippen MR) is 234 cm³/mol. The van der Waals surface area contributed by atoms with Crippen LogP contribution in [0.15, 0.2) is 76.5 Å². The second-order valence-electron chi connectivity index (χ2n) is 15.1. The van der Waals surface area contributed by atoms with Gasteiger partial charge in [0.15, 0.2) is 6.23 Å². The summed E-state index contributed by atoms with van der Waals surface area (Å²) in [6.45, 7) is 3.91. The molecule has 0 fully saturated rings. The average molecular weight is 957 g/mol. The third-order valence-corrected chi connectivity index (χ3v) is 14.2. The van der Waals surface area contributed by atoms with Crippen molar-refractivity contribution in [1.82, 2.24) is 9.55 Å². The smallest absolute Gasteiger partial charge is 0.427 e. The van der Waals surface area contributed by atoms with Gasteiger partial charge in [-0.15, -0.1) is 0 Å². The lowest BCUT2D eigenvalue weighted by molar-refractivity contribution is -0.135. The maximum absolute atomic E-state index is 14.0. The van der Waals surface area contributed by atoms with Crippen LogP contribution in [0.25, 0.3) is 0 Å². The Bertz CT molecular complexity index is 2160. The van der Waals surface area contributed by atoms with E-state index in [1.54, 1.807) is 0 Å². The number of benzene rings is 2. The van der Waals surface area contributed by atoms with Gasteiger partial charge in [-0.3, -0.25) is 37.5 Å². The Hall–Kier alpha value is -3.83. The van der Waals surface area contributed by atoms with Gasteiger partial charge in [0.1, 0.15) is 17.6 Å². The third-order valence-electron chi connectivity index (χ3n) is 9.59. The maximum atomic E-state index is 14.0. The van der Waals surface area contributed by atoms with Gasteiger partial charge in [-0.2, -0.15) is 8.62 Å². The number of H-pyrrole nitrogens is 1. The van der Waals surface area contributed by atoms with Crippen molar-refractivity contribution in [2.24, 2.45) is 0 Å². The monoisotopic (exact) mass is 956 g/mol. The van der Waals surface area contributed by atoms with E-state index in [0.29, 0.717) is 24.0 Å². The van der Waals surface area contributed by atoms with Crippen LogP contribution in [0.1, 0.15) is 127 Å².